The van der Waals surface area contributed by atoms with E-state index in [0.717, 1.165) is 25.7 Å². The number of rotatable bonds is 3. The van der Waals surface area contributed by atoms with Crippen molar-refractivity contribution < 1.29 is 12.9 Å². The predicted octanol–water partition coefficient (Wildman–Crippen LogP) is 1.85. The second kappa shape index (κ2) is 4.42. The Bertz CT molecular complexity index is 481. The van der Waals surface area contributed by atoms with Gasteiger partial charge in [0.1, 0.15) is 10.6 Å². The average Bonchev–Trinajstić information content (AvgIpc) is 2.87. The predicted molar refractivity (Wildman–Crippen MR) is 63.2 cm³/mol. The molecule has 6 heteroatoms. The molecule has 0 radical (unpaired) electrons. The van der Waals surface area contributed by atoms with Crippen LogP contribution >= 0.6 is 0 Å². The van der Waals surface area contributed by atoms with Gasteiger partial charge >= 0.3 is 0 Å². The van der Waals surface area contributed by atoms with Crippen molar-refractivity contribution >= 4 is 10.0 Å². The Hall–Kier alpha value is -0.880. The van der Waals surface area contributed by atoms with Gasteiger partial charge in [-0.3, -0.25) is 0 Å². The molecule has 0 bridgehead atoms. The topological polar surface area (TPSA) is 63.4 Å². The molecule has 0 saturated heterocycles. The summed E-state index contributed by atoms with van der Waals surface area (Å²) in [6, 6.07) is 0.119. The molecule has 0 aromatic carbocycles. The molecule has 0 aliphatic heterocycles. The summed E-state index contributed by atoms with van der Waals surface area (Å²) in [5, 5.41) is 3.71. The first-order chi connectivity index (χ1) is 7.94. The molecule has 1 aliphatic carbocycles. The van der Waals surface area contributed by atoms with E-state index in [0.29, 0.717) is 11.5 Å². The zero-order chi connectivity index (χ0) is 12.6. The van der Waals surface area contributed by atoms with Gasteiger partial charge in [-0.2, -0.15) is 4.31 Å². The third kappa shape index (κ3) is 2.11. The van der Waals surface area contributed by atoms with E-state index >= 15 is 0 Å². The lowest BCUT2D eigenvalue weighted by Crippen LogP contribution is -2.35. The molecule has 0 amide bonds. The molecule has 2 rings (SSSR count). The van der Waals surface area contributed by atoms with Gasteiger partial charge in [0, 0.05) is 13.1 Å². The van der Waals surface area contributed by atoms with Crippen molar-refractivity contribution in [3.05, 3.63) is 11.5 Å². The Balaban J connectivity index is 2.36. The van der Waals surface area contributed by atoms with E-state index in [1.54, 1.807) is 20.9 Å². The fraction of sp³-hybridized carbons (Fsp3) is 0.727. The summed E-state index contributed by atoms with van der Waals surface area (Å²) in [5.41, 5.74) is 0.437. The molecule has 0 N–H and O–H groups in total. The van der Waals surface area contributed by atoms with Gasteiger partial charge in [-0.05, 0) is 26.7 Å². The highest BCUT2D eigenvalue weighted by atomic mass is 32.2. The summed E-state index contributed by atoms with van der Waals surface area (Å²) in [6.45, 7) is 3.29. The molecular weight excluding hydrogens is 240 g/mol. The maximum atomic E-state index is 12.4. The van der Waals surface area contributed by atoms with E-state index in [9.17, 15) is 8.42 Å². The summed E-state index contributed by atoms with van der Waals surface area (Å²) < 4.78 is 31.3. The van der Waals surface area contributed by atoms with Crippen LogP contribution in [0, 0.1) is 13.8 Å². The molecule has 1 aromatic heterocycles. The molecule has 1 saturated carbocycles. The first-order valence-electron chi connectivity index (χ1n) is 5.85. The van der Waals surface area contributed by atoms with E-state index < -0.39 is 10.0 Å². The van der Waals surface area contributed by atoms with Crippen LogP contribution in [0.25, 0.3) is 0 Å². The van der Waals surface area contributed by atoms with Gasteiger partial charge in [0.2, 0.25) is 10.0 Å². The summed E-state index contributed by atoms with van der Waals surface area (Å²) >= 11 is 0. The Morgan fingerprint density at radius 2 is 1.88 bits per heavy atom. The highest BCUT2D eigenvalue weighted by Gasteiger charge is 2.34. The van der Waals surface area contributed by atoms with Gasteiger partial charge in [0.05, 0.1) is 0 Å². The normalized spacial score (nSPS) is 18.1. The number of aryl methyl sites for hydroxylation is 2. The van der Waals surface area contributed by atoms with Crippen molar-refractivity contribution in [2.45, 2.75) is 50.5 Å². The van der Waals surface area contributed by atoms with Gasteiger partial charge in [-0.25, -0.2) is 8.42 Å². The molecular formula is C11H18N2O3S. The second-order valence-electron chi connectivity index (χ2n) is 4.61. The highest BCUT2D eigenvalue weighted by Crippen LogP contribution is 2.29. The second-order valence-corrected chi connectivity index (χ2v) is 6.55. The average molecular weight is 258 g/mol. The summed E-state index contributed by atoms with van der Waals surface area (Å²) in [6.07, 6.45) is 4.09. The Morgan fingerprint density at radius 3 is 2.35 bits per heavy atom. The Morgan fingerprint density at radius 1 is 1.29 bits per heavy atom. The Labute approximate surface area is 102 Å². The summed E-state index contributed by atoms with van der Waals surface area (Å²) in [4.78, 5) is 0.229. The molecule has 0 spiro atoms. The van der Waals surface area contributed by atoms with Crippen molar-refractivity contribution in [3.63, 3.8) is 0 Å². The molecule has 17 heavy (non-hydrogen) atoms. The number of hydrogen-bond acceptors (Lipinski definition) is 4. The van der Waals surface area contributed by atoms with E-state index in [4.69, 9.17) is 4.52 Å². The van der Waals surface area contributed by atoms with Crippen LogP contribution in [0.3, 0.4) is 0 Å². The monoisotopic (exact) mass is 258 g/mol. The number of sulfonamides is 1. The van der Waals surface area contributed by atoms with Crippen LogP contribution in [0.2, 0.25) is 0 Å². The van der Waals surface area contributed by atoms with Gasteiger partial charge < -0.3 is 4.52 Å². The van der Waals surface area contributed by atoms with E-state index in [1.165, 1.54) is 4.31 Å². The first-order valence-corrected chi connectivity index (χ1v) is 7.29. The molecule has 0 unspecified atom stereocenters. The van der Waals surface area contributed by atoms with Crippen LogP contribution in [0.4, 0.5) is 0 Å². The molecule has 0 atom stereocenters. The lowest BCUT2D eigenvalue weighted by Gasteiger charge is -2.23. The first kappa shape index (κ1) is 12.6. The molecule has 1 aromatic rings. The van der Waals surface area contributed by atoms with Gasteiger partial charge in [-0.15, -0.1) is 0 Å². The van der Waals surface area contributed by atoms with E-state index in [2.05, 4.69) is 5.16 Å². The van der Waals surface area contributed by atoms with Gasteiger partial charge in [0.25, 0.3) is 0 Å². The summed E-state index contributed by atoms with van der Waals surface area (Å²) in [5.74, 6) is 0.368. The maximum Gasteiger partial charge on any atom is 0.248 e. The van der Waals surface area contributed by atoms with Crippen molar-refractivity contribution in [1.82, 2.24) is 9.46 Å². The third-order valence-corrected chi connectivity index (χ3v) is 5.60. The van der Waals surface area contributed by atoms with Crippen LogP contribution in [-0.2, 0) is 10.0 Å². The highest BCUT2D eigenvalue weighted by molar-refractivity contribution is 7.89. The number of hydrogen-bond donors (Lipinski definition) is 0. The molecule has 5 nitrogen and oxygen atoms in total. The standard InChI is InChI=1S/C11H18N2O3S/c1-8-11(9(2)16-12-8)17(14,15)13(3)10-6-4-5-7-10/h10H,4-7H2,1-3H3. The molecule has 1 fully saturated rings. The minimum Gasteiger partial charge on any atom is -0.360 e. The number of aromatic nitrogens is 1. The van der Waals surface area contributed by atoms with Crippen molar-refractivity contribution in [3.8, 4) is 0 Å². The van der Waals surface area contributed by atoms with Crippen molar-refractivity contribution in [1.29, 1.82) is 0 Å². The van der Waals surface area contributed by atoms with Crippen molar-refractivity contribution in [2.24, 2.45) is 0 Å². The van der Waals surface area contributed by atoms with Crippen LogP contribution in [-0.4, -0.2) is 31.0 Å². The lowest BCUT2D eigenvalue weighted by atomic mass is 10.3. The van der Waals surface area contributed by atoms with Crippen LogP contribution in [0.1, 0.15) is 37.1 Å². The molecule has 1 aliphatic rings. The molecule has 1 heterocycles. The largest absolute Gasteiger partial charge is 0.360 e. The zero-order valence-corrected chi connectivity index (χ0v) is 11.2. The van der Waals surface area contributed by atoms with E-state index in [-0.39, 0.29) is 10.9 Å². The smallest absolute Gasteiger partial charge is 0.248 e. The lowest BCUT2D eigenvalue weighted by molar-refractivity contribution is 0.369. The minimum atomic E-state index is -3.46. The Kier molecular flexibility index (Phi) is 3.27. The maximum absolute atomic E-state index is 12.4. The van der Waals surface area contributed by atoms with Gasteiger partial charge in [0.15, 0.2) is 5.76 Å². The van der Waals surface area contributed by atoms with Crippen LogP contribution in [0.15, 0.2) is 9.42 Å². The third-order valence-electron chi connectivity index (χ3n) is 3.44. The minimum absolute atomic E-state index is 0.119. The van der Waals surface area contributed by atoms with Crippen LogP contribution < -0.4 is 0 Å². The number of nitrogens with zero attached hydrogens (tertiary/aromatic N) is 2. The zero-order valence-electron chi connectivity index (χ0n) is 10.4. The molecule has 96 valence electrons. The SMILES string of the molecule is Cc1noc(C)c1S(=O)(=O)N(C)C1CCCC1. The fourth-order valence-corrected chi connectivity index (χ4v) is 4.15. The quantitative estimate of drug-likeness (QED) is 0.830. The van der Waals surface area contributed by atoms with Gasteiger partial charge in [-0.1, -0.05) is 18.0 Å². The van der Waals surface area contributed by atoms with E-state index in [1.807, 2.05) is 0 Å². The summed E-state index contributed by atoms with van der Waals surface area (Å²) in [7, 11) is -1.81. The fourth-order valence-electron chi connectivity index (χ4n) is 2.45. The van der Waals surface area contributed by atoms with Crippen LogP contribution in [0.5, 0.6) is 0 Å². The van der Waals surface area contributed by atoms with Crippen molar-refractivity contribution in [2.75, 3.05) is 7.05 Å².